The molecule has 0 spiro atoms. The standard InChI is InChI=1S/C11H10BrF3N4O2/c1-6-2-17-8(21-6)4-16-7-3-18-19(5-11(13,14)15)10(20)9(7)12/h2-3,16H,4-5H2,1H3. The number of oxazole rings is 1. The monoisotopic (exact) mass is 366 g/mol. The zero-order valence-corrected chi connectivity index (χ0v) is 12.3. The largest absolute Gasteiger partial charge is 0.444 e. The summed E-state index contributed by atoms with van der Waals surface area (Å²) in [6.45, 7) is 0.465. The molecule has 0 amide bonds. The Kier molecular flexibility index (Phi) is 4.35. The normalized spacial score (nSPS) is 11.7. The number of rotatable bonds is 4. The summed E-state index contributed by atoms with van der Waals surface area (Å²) in [6, 6.07) is 0. The Morgan fingerprint density at radius 3 is 2.71 bits per heavy atom. The summed E-state index contributed by atoms with van der Waals surface area (Å²) in [7, 11) is 0. The van der Waals surface area contributed by atoms with Crippen molar-refractivity contribution in [2.24, 2.45) is 0 Å². The van der Waals surface area contributed by atoms with E-state index in [1.807, 2.05) is 0 Å². The summed E-state index contributed by atoms with van der Waals surface area (Å²) in [5, 5.41) is 6.30. The third kappa shape index (κ3) is 4.06. The number of halogens is 4. The first kappa shape index (κ1) is 15.5. The number of nitrogens with one attached hydrogen (secondary N) is 1. The van der Waals surface area contributed by atoms with E-state index >= 15 is 0 Å². The Balaban J connectivity index is 2.15. The van der Waals surface area contributed by atoms with Crippen LogP contribution >= 0.6 is 15.9 Å². The minimum atomic E-state index is -4.51. The van der Waals surface area contributed by atoms with Gasteiger partial charge >= 0.3 is 6.18 Å². The van der Waals surface area contributed by atoms with Crippen LogP contribution in [0.25, 0.3) is 0 Å². The maximum Gasteiger partial charge on any atom is 0.408 e. The summed E-state index contributed by atoms with van der Waals surface area (Å²) in [4.78, 5) is 15.7. The number of hydrogen-bond donors (Lipinski definition) is 1. The van der Waals surface area contributed by atoms with E-state index in [9.17, 15) is 18.0 Å². The lowest BCUT2D eigenvalue weighted by atomic mass is 10.4. The van der Waals surface area contributed by atoms with Crippen molar-refractivity contribution in [3.05, 3.63) is 38.9 Å². The highest BCUT2D eigenvalue weighted by Gasteiger charge is 2.29. The molecule has 0 aliphatic heterocycles. The van der Waals surface area contributed by atoms with Crippen LogP contribution < -0.4 is 10.9 Å². The second-order valence-corrected chi connectivity index (χ2v) is 4.96. The molecule has 0 saturated carbocycles. The van der Waals surface area contributed by atoms with Gasteiger partial charge in [-0.15, -0.1) is 0 Å². The number of nitrogens with zero attached hydrogens (tertiary/aromatic N) is 3. The van der Waals surface area contributed by atoms with Gasteiger partial charge in [-0.25, -0.2) is 9.67 Å². The molecule has 2 aromatic heterocycles. The molecule has 2 aromatic rings. The molecular weight excluding hydrogens is 357 g/mol. The molecule has 114 valence electrons. The zero-order valence-electron chi connectivity index (χ0n) is 10.7. The third-order valence-electron chi connectivity index (χ3n) is 2.41. The van der Waals surface area contributed by atoms with E-state index in [-0.39, 0.29) is 16.7 Å². The van der Waals surface area contributed by atoms with Gasteiger partial charge in [0.25, 0.3) is 5.56 Å². The van der Waals surface area contributed by atoms with E-state index in [2.05, 4.69) is 31.3 Å². The fourth-order valence-corrected chi connectivity index (χ4v) is 1.97. The van der Waals surface area contributed by atoms with Gasteiger partial charge in [0.15, 0.2) is 0 Å². The van der Waals surface area contributed by atoms with E-state index in [4.69, 9.17) is 4.42 Å². The van der Waals surface area contributed by atoms with Gasteiger partial charge in [0.05, 0.1) is 24.6 Å². The van der Waals surface area contributed by atoms with Crippen LogP contribution in [0, 0.1) is 6.92 Å². The summed E-state index contributed by atoms with van der Waals surface area (Å²) >= 11 is 2.96. The minimum Gasteiger partial charge on any atom is -0.444 e. The Labute approximate surface area is 125 Å². The third-order valence-corrected chi connectivity index (χ3v) is 3.18. The molecule has 0 unspecified atom stereocenters. The molecule has 0 aromatic carbocycles. The summed E-state index contributed by atoms with van der Waals surface area (Å²) in [5.74, 6) is 1.02. The molecule has 1 N–H and O–H groups in total. The second kappa shape index (κ2) is 5.88. The fraction of sp³-hybridized carbons (Fsp3) is 0.364. The van der Waals surface area contributed by atoms with Gasteiger partial charge in [0, 0.05) is 0 Å². The van der Waals surface area contributed by atoms with Gasteiger partial charge < -0.3 is 9.73 Å². The van der Waals surface area contributed by atoms with Crippen LogP contribution in [-0.4, -0.2) is 20.9 Å². The number of aryl methyl sites for hydroxylation is 1. The molecule has 0 fully saturated rings. The number of hydrogen-bond acceptors (Lipinski definition) is 5. The van der Waals surface area contributed by atoms with Crippen LogP contribution in [0.4, 0.5) is 18.9 Å². The van der Waals surface area contributed by atoms with Crippen molar-refractivity contribution >= 4 is 21.6 Å². The van der Waals surface area contributed by atoms with Crippen molar-refractivity contribution in [1.82, 2.24) is 14.8 Å². The highest BCUT2D eigenvalue weighted by atomic mass is 79.9. The summed E-state index contributed by atoms with van der Waals surface area (Å²) in [6.07, 6.45) is -1.85. The number of anilines is 1. The topological polar surface area (TPSA) is 73.0 Å². The van der Waals surface area contributed by atoms with Gasteiger partial charge in [0.2, 0.25) is 5.89 Å². The van der Waals surface area contributed by atoms with Crippen LogP contribution in [0.15, 0.2) is 26.1 Å². The average Bonchev–Trinajstić information content (AvgIpc) is 2.79. The van der Waals surface area contributed by atoms with E-state index < -0.39 is 18.3 Å². The Morgan fingerprint density at radius 2 is 2.14 bits per heavy atom. The number of alkyl halides is 3. The highest BCUT2D eigenvalue weighted by molar-refractivity contribution is 9.10. The first-order valence-electron chi connectivity index (χ1n) is 5.74. The van der Waals surface area contributed by atoms with Crippen LogP contribution in [0.2, 0.25) is 0 Å². The van der Waals surface area contributed by atoms with E-state index in [0.717, 1.165) is 6.20 Å². The number of aromatic nitrogens is 3. The lowest BCUT2D eigenvalue weighted by molar-refractivity contribution is -0.143. The minimum absolute atomic E-state index is 0.0370. The molecule has 0 saturated heterocycles. The molecule has 10 heteroatoms. The first-order valence-corrected chi connectivity index (χ1v) is 6.53. The van der Waals surface area contributed by atoms with Gasteiger partial charge in [-0.2, -0.15) is 18.3 Å². The molecule has 0 aliphatic carbocycles. The molecule has 0 bridgehead atoms. The van der Waals surface area contributed by atoms with Crippen molar-refractivity contribution in [2.45, 2.75) is 26.2 Å². The van der Waals surface area contributed by atoms with Gasteiger partial charge in [-0.3, -0.25) is 4.79 Å². The molecule has 0 radical (unpaired) electrons. The van der Waals surface area contributed by atoms with Crippen LogP contribution in [0.3, 0.4) is 0 Å². The van der Waals surface area contributed by atoms with Crippen molar-refractivity contribution in [2.75, 3.05) is 5.32 Å². The van der Waals surface area contributed by atoms with Crippen LogP contribution in [0.5, 0.6) is 0 Å². The fourth-order valence-electron chi connectivity index (χ4n) is 1.52. The highest BCUT2D eigenvalue weighted by Crippen LogP contribution is 2.20. The smallest absolute Gasteiger partial charge is 0.408 e. The van der Waals surface area contributed by atoms with E-state index in [1.165, 1.54) is 6.20 Å². The lowest BCUT2D eigenvalue weighted by Gasteiger charge is -2.11. The summed E-state index contributed by atoms with van der Waals surface area (Å²) in [5.41, 5.74) is -0.616. The van der Waals surface area contributed by atoms with Crippen molar-refractivity contribution < 1.29 is 17.6 Å². The van der Waals surface area contributed by atoms with Gasteiger partial charge in [-0.05, 0) is 22.9 Å². The maximum absolute atomic E-state index is 12.3. The zero-order chi connectivity index (χ0) is 15.6. The van der Waals surface area contributed by atoms with E-state index in [0.29, 0.717) is 16.3 Å². The van der Waals surface area contributed by atoms with Crippen LogP contribution in [-0.2, 0) is 13.1 Å². The SMILES string of the molecule is Cc1cnc(CNc2cnn(CC(F)(F)F)c(=O)c2Br)o1. The van der Waals surface area contributed by atoms with E-state index in [1.54, 1.807) is 6.92 Å². The average molecular weight is 367 g/mol. The van der Waals surface area contributed by atoms with Gasteiger partial charge in [0.1, 0.15) is 16.8 Å². The van der Waals surface area contributed by atoms with Crippen molar-refractivity contribution in [1.29, 1.82) is 0 Å². The Morgan fingerprint density at radius 1 is 1.43 bits per heavy atom. The molecule has 0 atom stereocenters. The maximum atomic E-state index is 12.3. The summed E-state index contributed by atoms with van der Waals surface area (Å²) < 4.78 is 42.3. The van der Waals surface area contributed by atoms with Crippen LogP contribution in [0.1, 0.15) is 11.7 Å². The molecule has 2 heterocycles. The molecule has 0 aliphatic rings. The predicted octanol–water partition coefficient (Wildman–Crippen LogP) is 2.48. The molecule has 6 nitrogen and oxygen atoms in total. The quantitative estimate of drug-likeness (QED) is 0.899. The predicted molar refractivity (Wildman–Crippen MR) is 70.8 cm³/mol. The Hall–Kier alpha value is -1.84. The van der Waals surface area contributed by atoms with Crippen molar-refractivity contribution in [3.8, 4) is 0 Å². The molecule has 21 heavy (non-hydrogen) atoms. The first-order chi connectivity index (χ1) is 9.76. The second-order valence-electron chi connectivity index (χ2n) is 4.17. The lowest BCUT2D eigenvalue weighted by Crippen LogP contribution is -2.31. The molecule has 2 rings (SSSR count). The van der Waals surface area contributed by atoms with Crippen molar-refractivity contribution in [3.63, 3.8) is 0 Å². The molecular formula is C11H10BrF3N4O2. The van der Waals surface area contributed by atoms with Gasteiger partial charge in [-0.1, -0.05) is 0 Å². The Bertz CT molecular complexity index is 696.